The predicted molar refractivity (Wildman–Crippen MR) is 91.7 cm³/mol. The van der Waals surface area contributed by atoms with Gasteiger partial charge in [0.2, 0.25) is 0 Å². The predicted octanol–water partition coefficient (Wildman–Crippen LogP) is 4.21. The molecule has 0 fully saturated rings. The molecule has 6 nitrogen and oxygen atoms in total. The first-order valence-corrected chi connectivity index (χ1v) is 9.82. The molecule has 10 heteroatoms. The lowest BCUT2D eigenvalue weighted by molar-refractivity contribution is -0.0500. The van der Waals surface area contributed by atoms with Crippen molar-refractivity contribution < 1.29 is 35.3 Å². The van der Waals surface area contributed by atoms with E-state index in [0.717, 1.165) is 18.9 Å². The zero-order valence-corrected chi connectivity index (χ0v) is 16.0. The van der Waals surface area contributed by atoms with Crippen LogP contribution in [0.3, 0.4) is 0 Å². The Bertz CT molecular complexity index is 800. The summed E-state index contributed by atoms with van der Waals surface area (Å²) in [5.74, 6) is -0.413. The number of alkyl halides is 3. The van der Waals surface area contributed by atoms with Gasteiger partial charge >= 0.3 is 21.7 Å². The van der Waals surface area contributed by atoms with E-state index in [1.54, 1.807) is 20.8 Å². The van der Waals surface area contributed by atoms with E-state index in [2.05, 4.69) is 9.50 Å². The number of aryl methyl sites for hydroxylation is 1. The Balaban J connectivity index is 2.23. The van der Waals surface area contributed by atoms with Crippen molar-refractivity contribution in [1.82, 2.24) is 5.32 Å². The van der Waals surface area contributed by atoms with Gasteiger partial charge in [0, 0.05) is 0 Å². The molecule has 1 aliphatic carbocycles. The SMILES string of the molecule is CC(C)(C)OC(=O)NC1CCCCc2cc(OS(=O)(=O)C(F)(F)F)ccc21. The second-order valence-corrected chi connectivity index (χ2v) is 8.83. The van der Waals surface area contributed by atoms with Crippen molar-refractivity contribution in [2.75, 3.05) is 0 Å². The Hall–Kier alpha value is -1.97. The van der Waals surface area contributed by atoms with Crippen LogP contribution in [-0.2, 0) is 21.3 Å². The third-order valence-corrected chi connectivity index (χ3v) is 4.84. The molecule has 0 aromatic heterocycles. The number of fused-ring (bicyclic) bond motifs is 1. The van der Waals surface area contributed by atoms with Crippen molar-refractivity contribution >= 4 is 16.2 Å². The Kier molecular flexibility index (Phi) is 5.98. The molecule has 1 aromatic carbocycles. The molecule has 1 unspecified atom stereocenters. The summed E-state index contributed by atoms with van der Waals surface area (Å²) in [5, 5.41) is 2.76. The van der Waals surface area contributed by atoms with Crippen molar-refractivity contribution in [3.8, 4) is 5.75 Å². The molecular weight excluding hydrogens is 387 g/mol. The van der Waals surface area contributed by atoms with E-state index >= 15 is 0 Å². The van der Waals surface area contributed by atoms with Crippen LogP contribution in [0, 0.1) is 0 Å². The average molecular weight is 409 g/mol. The van der Waals surface area contributed by atoms with E-state index < -0.39 is 33.1 Å². The number of carbonyl (C=O) groups is 1. The van der Waals surface area contributed by atoms with Crippen molar-refractivity contribution in [3.63, 3.8) is 0 Å². The molecule has 1 aromatic rings. The summed E-state index contributed by atoms with van der Waals surface area (Å²) < 4.78 is 69.3. The van der Waals surface area contributed by atoms with Crippen LogP contribution in [0.1, 0.15) is 57.2 Å². The number of alkyl carbamates (subject to hydrolysis) is 1. The number of carbonyl (C=O) groups excluding carboxylic acids is 1. The monoisotopic (exact) mass is 409 g/mol. The summed E-state index contributed by atoms with van der Waals surface area (Å²) in [6.45, 7) is 5.20. The van der Waals surface area contributed by atoms with Gasteiger partial charge in [-0.1, -0.05) is 12.5 Å². The van der Waals surface area contributed by atoms with Gasteiger partial charge in [-0.3, -0.25) is 0 Å². The Morgan fingerprint density at radius 2 is 1.85 bits per heavy atom. The zero-order chi connectivity index (χ0) is 20.5. The molecule has 0 saturated carbocycles. The zero-order valence-electron chi connectivity index (χ0n) is 15.2. The first kappa shape index (κ1) is 21.3. The molecule has 0 saturated heterocycles. The Labute approximate surface area is 156 Å². The van der Waals surface area contributed by atoms with Gasteiger partial charge in [0.1, 0.15) is 11.4 Å². The van der Waals surface area contributed by atoms with Crippen LogP contribution in [0.4, 0.5) is 18.0 Å². The van der Waals surface area contributed by atoms with Gasteiger partial charge in [0.15, 0.2) is 0 Å². The summed E-state index contributed by atoms with van der Waals surface area (Å²) in [7, 11) is -5.73. The maximum absolute atomic E-state index is 12.5. The number of hydrogen-bond acceptors (Lipinski definition) is 5. The fourth-order valence-corrected chi connectivity index (χ4v) is 3.23. The molecule has 1 aliphatic rings. The number of rotatable bonds is 3. The minimum atomic E-state index is -5.73. The molecule has 0 spiro atoms. The lowest BCUT2D eigenvalue weighted by Gasteiger charge is -2.24. The van der Waals surface area contributed by atoms with E-state index in [9.17, 15) is 26.4 Å². The summed E-state index contributed by atoms with van der Waals surface area (Å²) >= 11 is 0. The third-order valence-electron chi connectivity index (χ3n) is 3.86. The number of amides is 1. The molecule has 0 radical (unpaired) electrons. The van der Waals surface area contributed by atoms with Gasteiger partial charge in [-0.2, -0.15) is 21.6 Å². The van der Waals surface area contributed by atoms with E-state index in [0.29, 0.717) is 24.0 Å². The second-order valence-electron chi connectivity index (χ2n) is 7.29. The lowest BCUT2D eigenvalue weighted by atomic mass is 9.99. The van der Waals surface area contributed by atoms with Crippen LogP contribution < -0.4 is 9.50 Å². The largest absolute Gasteiger partial charge is 0.534 e. The van der Waals surface area contributed by atoms with Crippen LogP contribution in [-0.4, -0.2) is 25.6 Å². The first-order chi connectivity index (χ1) is 12.3. The molecule has 27 heavy (non-hydrogen) atoms. The van der Waals surface area contributed by atoms with E-state index in [4.69, 9.17) is 4.74 Å². The minimum absolute atomic E-state index is 0.384. The van der Waals surface area contributed by atoms with Gasteiger partial charge in [0.25, 0.3) is 0 Å². The standard InChI is InChI=1S/C17H22F3NO5S/c1-16(2,3)25-15(22)21-14-7-5-4-6-11-10-12(8-9-13(11)14)26-27(23,24)17(18,19)20/h8-10,14H,4-7H2,1-3H3,(H,21,22). The molecule has 1 N–H and O–H groups in total. The third kappa shape index (κ3) is 5.75. The highest BCUT2D eigenvalue weighted by atomic mass is 32.2. The molecule has 2 rings (SSSR count). The summed E-state index contributed by atoms with van der Waals surface area (Å²) in [6.07, 6.45) is 2.10. The van der Waals surface area contributed by atoms with Gasteiger partial charge in [0.05, 0.1) is 6.04 Å². The van der Waals surface area contributed by atoms with Crippen LogP contribution >= 0.6 is 0 Å². The van der Waals surface area contributed by atoms with Gasteiger partial charge in [-0.05, 0) is 63.3 Å². The number of hydrogen-bond donors (Lipinski definition) is 1. The fourth-order valence-electron chi connectivity index (χ4n) is 2.78. The van der Waals surface area contributed by atoms with Gasteiger partial charge in [-0.15, -0.1) is 0 Å². The minimum Gasteiger partial charge on any atom is -0.444 e. The normalized spacial score (nSPS) is 18.2. The summed E-state index contributed by atoms with van der Waals surface area (Å²) in [6, 6.07) is 3.51. The topological polar surface area (TPSA) is 81.7 Å². The highest BCUT2D eigenvalue weighted by molar-refractivity contribution is 7.88. The summed E-state index contributed by atoms with van der Waals surface area (Å²) in [5.41, 5.74) is -4.83. The highest BCUT2D eigenvalue weighted by Gasteiger charge is 2.48. The Morgan fingerprint density at radius 1 is 1.19 bits per heavy atom. The molecule has 0 aliphatic heterocycles. The molecular formula is C17H22F3NO5S. The van der Waals surface area contributed by atoms with E-state index in [1.165, 1.54) is 12.1 Å². The smallest absolute Gasteiger partial charge is 0.444 e. The van der Waals surface area contributed by atoms with Crippen LogP contribution in [0.5, 0.6) is 5.75 Å². The van der Waals surface area contributed by atoms with Crippen molar-refractivity contribution in [3.05, 3.63) is 29.3 Å². The maximum atomic E-state index is 12.5. The number of benzene rings is 1. The highest BCUT2D eigenvalue weighted by Crippen LogP contribution is 2.33. The summed E-state index contributed by atoms with van der Waals surface area (Å²) in [4.78, 5) is 12.1. The van der Waals surface area contributed by atoms with Crippen molar-refractivity contribution in [1.29, 1.82) is 0 Å². The molecule has 0 heterocycles. The first-order valence-electron chi connectivity index (χ1n) is 8.41. The quantitative estimate of drug-likeness (QED) is 0.460. The number of halogens is 3. The van der Waals surface area contributed by atoms with Crippen LogP contribution in [0.15, 0.2) is 18.2 Å². The molecule has 152 valence electrons. The van der Waals surface area contributed by atoms with Gasteiger partial charge < -0.3 is 14.2 Å². The number of ether oxygens (including phenoxy) is 1. The lowest BCUT2D eigenvalue weighted by Crippen LogP contribution is -2.35. The average Bonchev–Trinajstić information content (AvgIpc) is 2.66. The van der Waals surface area contributed by atoms with Gasteiger partial charge in [-0.25, -0.2) is 4.79 Å². The second kappa shape index (κ2) is 7.57. The van der Waals surface area contributed by atoms with E-state index in [1.807, 2.05) is 0 Å². The number of nitrogens with one attached hydrogen (secondary N) is 1. The van der Waals surface area contributed by atoms with Crippen molar-refractivity contribution in [2.45, 2.75) is 63.6 Å². The molecule has 1 atom stereocenters. The van der Waals surface area contributed by atoms with E-state index in [-0.39, 0.29) is 6.04 Å². The fraction of sp³-hybridized carbons (Fsp3) is 0.588. The molecule has 0 bridgehead atoms. The van der Waals surface area contributed by atoms with Crippen LogP contribution in [0.2, 0.25) is 0 Å². The molecule has 1 amide bonds. The van der Waals surface area contributed by atoms with Crippen LogP contribution in [0.25, 0.3) is 0 Å². The Morgan fingerprint density at radius 3 is 2.44 bits per heavy atom. The van der Waals surface area contributed by atoms with Crippen molar-refractivity contribution in [2.24, 2.45) is 0 Å². The maximum Gasteiger partial charge on any atom is 0.534 e.